The molecule has 1 amide bonds. The van der Waals surface area contributed by atoms with E-state index < -0.39 is 10.0 Å². The van der Waals surface area contributed by atoms with Crippen LogP contribution in [-0.4, -0.2) is 34.7 Å². The molecule has 0 saturated carbocycles. The lowest BCUT2D eigenvalue weighted by atomic mass is 10.0. The Hall–Kier alpha value is -3.32. The van der Waals surface area contributed by atoms with Crippen molar-refractivity contribution in [1.82, 2.24) is 0 Å². The number of nitrogens with one attached hydrogen (secondary N) is 2. The van der Waals surface area contributed by atoms with Crippen molar-refractivity contribution < 1.29 is 13.2 Å². The van der Waals surface area contributed by atoms with Crippen LogP contribution in [0.15, 0.2) is 72.8 Å². The molecular formula is C22H23N3O3S. The topological polar surface area (TPSA) is 78.5 Å². The van der Waals surface area contributed by atoms with E-state index in [0.29, 0.717) is 22.6 Å². The second kappa shape index (κ2) is 8.36. The first-order valence-electron chi connectivity index (χ1n) is 9.03. The summed E-state index contributed by atoms with van der Waals surface area (Å²) in [4.78, 5) is 12.9. The first kappa shape index (κ1) is 20.4. The molecule has 0 aliphatic heterocycles. The quantitative estimate of drug-likeness (QED) is 0.644. The number of para-hydroxylation sites is 1. The van der Waals surface area contributed by atoms with E-state index in [2.05, 4.69) is 10.6 Å². The van der Waals surface area contributed by atoms with Gasteiger partial charge in [0.2, 0.25) is 10.0 Å². The lowest BCUT2D eigenvalue weighted by Gasteiger charge is -2.22. The molecule has 0 fully saturated rings. The Balaban J connectivity index is 2.07. The number of anilines is 3. The van der Waals surface area contributed by atoms with Gasteiger partial charge in [0.25, 0.3) is 5.91 Å². The van der Waals surface area contributed by atoms with Crippen molar-refractivity contribution in [1.29, 1.82) is 0 Å². The van der Waals surface area contributed by atoms with E-state index in [0.717, 1.165) is 21.7 Å². The van der Waals surface area contributed by atoms with Gasteiger partial charge in [-0.1, -0.05) is 48.5 Å². The van der Waals surface area contributed by atoms with Crippen LogP contribution in [0.3, 0.4) is 0 Å². The van der Waals surface area contributed by atoms with Crippen molar-refractivity contribution in [2.45, 2.75) is 0 Å². The van der Waals surface area contributed by atoms with Crippen molar-refractivity contribution in [3.8, 4) is 11.1 Å². The molecule has 0 heterocycles. The van der Waals surface area contributed by atoms with Gasteiger partial charge in [-0.25, -0.2) is 8.42 Å². The fourth-order valence-electron chi connectivity index (χ4n) is 2.99. The van der Waals surface area contributed by atoms with E-state index in [4.69, 9.17) is 0 Å². The van der Waals surface area contributed by atoms with Gasteiger partial charge < -0.3 is 10.6 Å². The molecule has 29 heavy (non-hydrogen) atoms. The van der Waals surface area contributed by atoms with Gasteiger partial charge in [0.05, 0.1) is 23.2 Å². The fourth-order valence-corrected chi connectivity index (χ4v) is 3.50. The summed E-state index contributed by atoms with van der Waals surface area (Å²) in [5.74, 6) is -0.330. The second-order valence-corrected chi connectivity index (χ2v) is 8.59. The molecule has 0 radical (unpaired) electrons. The van der Waals surface area contributed by atoms with Crippen molar-refractivity contribution >= 4 is 33.0 Å². The molecule has 0 aliphatic carbocycles. The zero-order valence-corrected chi connectivity index (χ0v) is 17.3. The Morgan fingerprint density at radius 1 is 0.862 bits per heavy atom. The number of carbonyl (C=O) groups excluding carboxylic acids is 1. The molecule has 0 bridgehead atoms. The average Bonchev–Trinajstić information content (AvgIpc) is 2.73. The highest BCUT2D eigenvalue weighted by atomic mass is 32.2. The monoisotopic (exact) mass is 409 g/mol. The molecule has 0 atom stereocenters. The van der Waals surface area contributed by atoms with E-state index in [1.54, 1.807) is 37.4 Å². The van der Waals surface area contributed by atoms with Gasteiger partial charge in [-0.2, -0.15) is 0 Å². The number of benzene rings is 3. The molecule has 3 aromatic carbocycles. The number of hydrogen-bond donors (Lipinski definition) is 2. The molecule has 2 N–H and O–H groups in total. The molecule has 6 nitrogen and oxygen atoms in total. The van der Waals surface area contributed by atoms with E-state index >= 15 is 0 Å². The zero-order valence-electron chi connectivity index (χ0n) is 16.5. The summed E-state index contributed by atoms with van der Waals surface area (Å²) in [6.45, 7) is 0. The Morgan fingerprint density at radius 3 is 2.17 bits per heavy atom. The minimum absolute atomic E-state index is 0.330. The van der Waals surface area contributed by atoms with Crippen LogP contribution in [0.1, 0.15) is 10.4 Å². The summed E-state index contributed by atoms with van der Waals surface area (Å²) in [5, 5.41) is 5.87. The van der Waals surface area contributed by atoms with Crippen molar-refractivity contribution in [3.63, 3.8) is 0 Å². The molecule has 0 aliphatic rings. The van der Waals surface area contributed by atoms with E-state index in [-0.39, 0.29) is 5.91 Å². The Morgan fingerprint density at radius 2 is 1.52 bits per heavy atom. The number of carbonyl (C=O) groups is 1. The third kappa shape index (κ3) is 4.57. The van der Waals surface area contributed by atoms with E-state index in [9.17, 15) is 13.2 Å². The van der Waals surface area contributed by atoms with Gasteiger partial charge in [0.15, 0.2) is 0 Å². The number of rotatable bonds is 6. The van der Waals surface area contributed by atoms with E-state index in [1.165, 1.54) is 7.05 Å². The maximum Gasteiger partial charge on any atom is 0.257 e. The normalized spacial score (nSPS) is 11.0. The summed E-state index contributed by atoms with van der Waals surface area (Å²) in [5.41, 5.74) is 3.79. The molecule has 0 spiro atoms. The Kier molecular flexibility index (Phi) is 5.89. The third-order valence-corrected chi connectivity index (χ3v) is 5.82. The molecule has 0 unspecified atom stereocenters. The van der Waals surface area contributed by atoms with Crippen molar-refractivity contribution in [2.24, 2.45) is 0 Å². The van der Waals surface area contributed by atoms with Crippen LogP contribution in [0.2, 0.25) is 0 Å². The lowest BCUT2D eigenvalue weighted by molar-refractivity contribution is 0.102. The first-order chi connectivity index (χ1) is 13.8. The summed E-state index contributed by atoms with van der Waals surface area (Å²) >= 11 is 0. The predicted octanol–water partition coefficient (Wildman–Crippen LogP) is 4.04. The second-order valence-electron chi connectivity index (χ2n) is 6.58. The number of amides is 1. The summed E-state index contributed by atoms with van der Waals surface area (Å²) < 4.78 is 25.4. The number of hydrogen-bond acceptors (Lipinski definition) is 4. The maximum atomic E-state index is 12.9. The minimum Gasteiger partial charge on any atom is -0.387 e. The van der Waals surface area contributed by atoms with Gasteiger partial charge >= 0.3 is 0 Å². The number of nitrogens with zero attached hydrogens (tertiary/aromatic N) is 1. The molecular weight excluding hydrogens is 386 g/mol. The predicted molar refractivity (Wildman–Crippen MR) is 119 cm³/mol. The van der Waals surface area contributed by atoms with Gasteiger partial charge in [-0.05, 0) is 35.4 Å². The SMILES string of the molecule is CNc1ccccc1C(=O)Nc1cc(-c2ccccc2)ccc1N(C)S(C)(=O)=O. The Bertz CT molecular complexity index is 1130. The van der Waals surface area contributed by atoms with Gasteiger partial charge in [0.1, 0.15) is 0 Å². The third-order valence-electron chi connectivity index (χ3n) is 4.63. The lowest BCUT2D eigenvalue weighted by Crippen LogP contribution is -2.26. The van der Waals surface area contributed by atoms with E-state index in [1.807, 2.05) is 42.5 Å². The molecule has 3 aromatic rings. The number of sulfonamides is 1. The highest BCUT2D eigenvalue weighted by Crippen LogP contribution is 2.33. The van der Waals surface area contributed by atoms with Crippen LogP contribution >= 0.6 is 0 Å². The van der Waals surface area contributed by atoms with Crippen LogP contribution in [0.5, 0.6) is 0 Å². The maximum absolute atomic E-state index is 12.9. The minimum atomic E-state index is -3.50. The molecule has 0 aromatic heterocycles. The molecule has 150 valence electrons. The van der Waals surface area contributed by atoms with Gasteiger partial charge in [-0.15, -0.1) is 0 Å². The largest absolute Gasteiger partial charge is 0.387 e. The summed E-state index contributed by atoms with van der Waals surface area (Å²) in [7, 11) is -0.296. The van der Waals surface area contributed by atoms with Crippen LogP contribution in [0.4, 0.5) is 17.1 Å². The highest BCUT2D eigenvalue weighted by Gasteiger charge is 2.19. The van der Waals surface area contributed by atoms with Gasteiger partial charge in [0, 0.05) is 19.8 Å². The highest BCUT2D eigenvalue weighted by molar-refractivity contribution is 7.92. The molecule has 3 rings (SSSR count). The van der Waals surface area contributed by atoms with Crippen molar-refractivity contribution in [3.05, 3.63) is 78.4 Å². The van der Waals surface area contributed by atoms with Crippen LogP contribution < -0.4 is 14.9 Å². The standard InChI is InChI=1S/C22H23N3O3S/c1-23-19-12-8-7-11-18(19)22(26)24-20-15-17(16-9-5-4-6-10-16)13-14-21(20)25(2)29(3,27)28/h4-15,23H,1-3H3,(H,24,26). The average molecular weight is 410 g/mol. The molecule has 0 saturated heterocycles. The fraction of sp³-hybridized carbons (Fsp3) is 0.136. The van der Waals surface area contributed by atoms with Crippen LogP contribution in [0.25, 0.3) is 11.1 Å². The Labute approximate surface area is 171 Å². The van der Waals surface area contributed by atoms with Crippen LogP contribution in [0, 0.1) is 0 Å². The smallest absolute Gasteiger partial charge is 0.257 e. The van der Waals surface area contributed by atoms with Crippen molar-refractivity contribution in [2.75, 3.05) is 35.3 Å². The first-order valence-corrected chi connectivity index (χ1v) is 10.9. The zero-order chi connectivity index (χ0) is 21.0. The van der Waals surface area contributed by atoms with Gasteiger partial charge in [-0.3, -0.25) is 9.10 Å². The van der Waals surface area contributed by atoms with Crippen LogP contribution in [-0.2, 0) is 10.0 Å². The summed E-state index contributed by atoms with van der Waals surface area (Å²) in [6.07, 6.45) is 1.13. The summed E-state index contributed by atoms with van der Waals surface area (Å²) in [6, 6.07) is 22.1. The molecule has 7 heteroatoms.